The summed E-state index contributed by atoms with van der Waals surface area (Å²) in [6, 6.07) is 4.50. The van der Waals surface area contributed by atoms with E-state index in [4.69, 9.17) is 0 Å². The Morgan fingerprint density at radius 3 is 2.70 bits per heavy atom. The van der Waals surface area contributed by atoms with E-state index in [0.29, 0.717) is 18.7 Å². The van der Waals surface area contributed by atoms with Gasteiger partial charge in [-0.3, -0.25) is 4.79 Å². The van der Waals surface area contributed by atoms with E-state index < -0.39 is 6.10 Å². The number of aliphatic hydroxyl groups is 1. The van der Waals surface area contributed by atoms with Gasteiger partial charge in [-0.1, -0.05) is 0 Å². The zero-order valence-electron chi connectivity index (χ0n) is 12.0. The second-order valence-corrected chi connectivity index (χ2v) is 5.23. The summed E-state index contributed by atoms with van der Waals surface area (Å²) in [6.07, 6.45) is 0.156. The fourth-order valence-corrected chi connectivity index (χ4v) is 2.62. The van der Waals surface area contributed by atoms with Crippen LogP contribution in [0.3, 0.4) is 0 Å². The molecule has 1 aromatic rings. The molecule has 1 N–H and O–H groups in total. The number of aliphatic hydroxyl groups excluding tert-OH is 1. The van der Waals surface area contributed by atoms with Crippen LogP contribution in [0.25, 0.3) is 0 Å². The Balaban J connectivity index is 2.21. The maximum absolute atomic E-state index is 13.3. The highest BCUT2D eigenvalue weighted by Crippen LogP contribution is 2.28. The average molecular weight is 280 g/mol. The van der Waals surface area contributed by atoms with Crippen molar-refractivity contribution < 1.29 is 14.3 Å². The maximum Gasteiger partial charge on any atom is 0.219 e. The number of nitrogens with zero attached hydrogens (tertiary/aromatic N) is 2. The van der Waals surface area contributed by atoms with Crippen LogP contribution in [-0.4, -0.2) is 42.1 Å². The Bertz CT molecular complexity index is 491. The summed E-state index contributed by atoms with van der Waals surface area (Å²) in [5.74, 6) is -0.258. The molecule has 110 valence electrons. The molecule has 0 aliphatic carbocycles. The Morgan fingerprint density at radius 2 is 2.05 bits per heavy atom. The standard InChI is InChI=1S/C15H21FN2O2/c1-11(19)14-10-13(16)4-5-15(14)18-7-3-6-17(8-9-18)12(2)20/h4-5,10-11,19H,3,6-9H2,1-2H3/t11-/m0/s1. The van der Waals surface area contributed by atoms with E-state index in [0.717, 1.165) is 25.2 Å². The van der Waals surface area contributed by atoms with E-state index >= 15 is 0 Å². The number of anilines is 1. The summed E-state index contributed by atoms with van der Waals surface area (Å²) in [4.78, 5) is 15.4. The van der Waals surface area contributed by atoms with Gasteiger partial charge in [-0.2, -0.15) is 0 Å². The fraction of sp³-hybridized carbons (Fsp3) is 0.533. The van der Waals surface area contributed by atoms with Crippen LogP contribution in [0.1, 0.15) is 31.9 Å². The number of carbonyl (C=O) groups is 1. The van der Waals surface area contributed by atoms with Crippen LogP contribution in [0, 0.1) is 5.82 Å². The molecule has 2 rings (SSSR count). The summed E-state index contributed by atoms with van der Waals surface area (Å²) in [6.45, 7) is 6.12. The highest BCUT2D eigenvalue weighted by molar-refractivity contribution is 5.73. The minimum absolute atomic E-state index is 0.0849. The molecule has 0 unspecified atom stereocenters. The second kappa shape index (κ2) is 6.22. The summed E-state index contributed by atoms with van der Waals surface area (Å²) < 4.78 is 13.3. The van der Waals surface area contributed by atoms with Gasteiger partial charge in [-0.25, -0.2) is 4.39 Å². The van der Waals surface area contributed by atoms with E-state index in [1.54, 1.807) is 19.9 Å². The van der Waals surface area contributed by atoms with Crippen LogP contribution in [0.2, 0.25) is 0 Å². The van der Waals surface area contributed by atoms with Crippen molar-refractivity contribution in [3.05, 3.63) is 29.6 Å². The smallest absolute Gasteiger partial charge is 0.219 e. The van der Waals surface area contributed by atoms with E-state index in [-0.39, 0.29) is 11.7 Å². The topological polar surface area (TPSA) is 43.8 Å². The lowest BCUT2D eigenvalue weighted by Gasteiger charge is -2.26. The molecule has 1 aliphatic heterocycles. The normalized spacial score (nSPS) is 17.8. The van der Waals surface area contributed by atoms with Crippen LogP contribution in [0.5, 0.6) is 0 Å². The van der Waals surface area contributed by atoms with Gasteiger partial charge in [-0.05, 0) is 31.5 Å². The van der Waals surface area contributed by atoms with Crippen molar-refractivity contribution in [2.75, 3.05) is 31.1 Å². The van der Waals surface area contributed by atoms with Gasteiger partial charge in [0.15, 0.2) is 0 Å². The number of carbonyl (C=O) groups excluding carboxylic acids is 1. The van der Waals surface area contributed by atoms with E-state index in [1.807, 2.05) is 4.90 Å². The van der Waals surface area contributed by atoms with E-state index in [9.17, 15) is 14.3 Å². The molecule has 1 atom stereocenters. The third kappa shape index (κ3) is 3.28. The van der Waals surface area contributed by atoms with Gasteiger partial charge < -0.3 is 14.9 Å². The maximum atomic E-state index is 13.3. The molecule has 1 aliphatic rings. The predicted octanol–water partition coefficient (Wildman–Crippen LogP) is 1.94. The van der Waals surface area contributed by atoms with E-state index in [1.165, 1.54) is 12.1 Å². The van der Waals surface area contributed by atoms with Crippen molar-refractivity contribution in [2.24, 2.45) is 0 Å². The van der Waals surface area contributed by atoms with Crippen molar-refractivity contribution in [1.29, 1.82) is 0 Å². The molecule has 20 heavy (non-hydrogen) atoms. The van der Waals surface area contributed by atoms with E-state index in [2.05, 4.69) is 4.90 Å². The number of benzene rings is 1. The first-order chi connectivity index (χ1) is 9.49. The number of hydrogen-bond acceptors (Lipinski definition) is 3. The lowest BCUT2D eigenvalue weighted by Crippen LogP contribution is -2.34. The van der Waals surface area contributed by atoms with Gasteiger partial charge in [0, 0.05) is 44.4 Å². The first-order valence-corrected chi connectivity index (χ1v) is 6.97. The molecule has 0 aromatic heterocycles. The summed E-state index contributed by atoms with van der Waals surface area (Å²) in [5, 5.41) is 9.81. The fourth-order valence-electron chi connectivity index (χ4n) is 2.62. The average Bonchev–Trinajstić information content (AvgIpc) is 2.64. The summed E-state index contributed by atoms with van der Waals surface area (Å²) in [7, 11) is 0. The molecule has 0 bridgehead atoms. The first-order valence-electron chi connectivity index (χ1n) is 6.97. The van der Waals surface area contributed by atoms with Crippen molar-refractivity contribution in [1.82, 2.24) is 4.90 Å². The third-order valence-electron chi connectivity index (χ3n) is 3.72. The monoisotopic (exact) mass is 280 g/mol. The van der Waals surface area contributed by atoms with Gasteiger partial charge in [0.2, 0.25) is 5.91 Å². The molecule has 0 radical (unpaired) electrons. The first kappa shape index (κ1) is 14.8. The van der Waals surface area contributed by atoms with Gasteiger partial charge in [0.25, 0.3) is 0 Å². The van der Waals surface area contributed by atoms with Gasteiger partial charge >= 0.3 is 0 Å². The van der Waals surface area contributed by atoms with Gasteiger partial charge in [0.1, 0.15) is 5.82 Å². The van der Waals surface area contributed by atoms with Crippen molar-refractivity contribution >= 4 is 11.6 Å². The molecule has 1 amide bonds. The Labute approximate surface area is 118 Å². The lowest BCUT2D eigenvalue weighted by molar-refractivity contribution is -0.128. The van der Waals surface area contributed by atoms with Gasteiger partial charge in [-0.15, -0.1) is 0 Å². The summed E-state index contributed by atoms with van der Waals surface area (Å²) in [5.41, 5.74) is 1.45. The third-order valence-corrected chi connectivity index (χ3v) is 3.72. The Kier molecular flexibility index (Phi) is 4.60. The lowest BCUT2D eigenvalue weighted by atomic mass is 10.1. The number of hydrogen-bond donors (Lipinski definition) is 1. The second-order valence-electron chi connectivity index (χ2n) is 5.23. The highest BCUT2D eigenvalue weighted by atomic mass is 19.1. The summed E-state index contributed by atoms with van der Waals surface area (Å²) >= 11 is 0. The minimum Gasteiger partial charge on any atom is -0.389 e. The van der Waals surface area contributed by atoms with Crippen molar-refractivity contribution in [3.63, 3.8) is 0 Å². The van der Waals surface area contributed by atoms with Crippen LogP contribution >= 0.6 is 0 Å². The number of rotatable bonds is 2. The minimum atomic E-state index is -0.715. The zero-order chi connectivity index (χ0) is 14.7. The van der Waals surface area contributed by atoms with Crippen LogP contribution in [0.4, 0.5) is 10.1 Å². The highest BCUT2D eigenvalue weighted by Gasteiger charge is 2.20. The quantitative estimate of drug-likeness (QED) is 0.900. The van der Waals surface area contributed by atoms with Crippen molar-refractivity contribution in [3.8, 4) is 0 Å². The Morgan fingerprint density at radius 1 is 1.30 bits per heavy atom. The van der Waals surface area contributed by atoms with Crippen LogP contribution in [-0.2, 0) is 4.79 Å². The van der Waals surface area contributed by atoms with Crippen LogP contribution in [0.15, 0.2) is 18.2 Å². The zero-order valence-corrected chi connectivity index (χ0v) is 12.0. The SMILES string of the molecule is CC(=O)N1CCCN(c2ccc(F)cc2[C@H](C)O)CC1. The molecule has 1 heterocycles. The number of halogens is 1. The molecule has 0 spiro atoms. The molecular weight excluding hydrogens is 259 g/mol. The van der Waals surface area contributed by atoms with Crippen molar-refractivity contribution in [2.45, 2.75) is 26.4 Å². The molecular formula is C15H21FN2O2. The molecule has 1 fully saturated rings. The number of amides is 1. The molecule has 5 heteroatoms. The largest absolute Gasteiger partial charge is 0.389 e. The Hall–Kier alpha value is -1.62. The molecule has 4 nitrogen and oxygen atoms in total. The molecule has 0 saturated carbocycles. The predicted molar refractivity (Wildman–Crippen MR) is 76.1 cm³/mol. The molecule has 1 aromatic carbocycles. The van der Waals surface area contributed by atoms with Gasteiger partial charge in [0.05, 0.1) is 6.10 Å². The molecule has 1 saturated heterocycles. The van der Waals surface area contributed by atoms with Crippen LogP contribution < -0.4 is 4.90 Å².